The summed E-state index contributed by atoms with van der Waals surface area (Å²) in [5.74, 6) is -1.61. The molecule has 1 atom stereocenters. The van der Waals surface area contributed by atoms with Crippen molar-refractivity contribution in [2.45, 2.75) is 18.4 Å². The number of carbonyl (C=O) groups is 2. The third-order valence-electron chi connectivity index (χ3n) is 3.32. The summed E-state index contributed by atoms with van der Waals surface area (Å²) in [6.45, 7) is 0.126. The molecule has 0 bridgehead atoms. The minimum atomic E-state index is -1.19. The average Bonchev–Trinajstić information content (AvgIpc) is 3.25. The molecule has 1 aliphatic rings. The Labute approximate surface area is 115 Å². The van der Waals surface area contributed by atoms with E-state index in [0.717, 1.165) is 0 Å². The molecule has 0 aliphatic heterocycles. The summed E-state index contributed by atoms with van der Waals surface area (Å²) < 4.78 is 0. The summed E-state index contributed by atoms with van der Waals surface area (Å²) in [6.07, 6.45) is 0.788. The van der Waals surface area contributed by atoms with Gasteiger partial charge in [-0.3, -0.25) is 0 Å². The number of quaternary nitrogens is 1. The van der Waals surface area contributed by atoms with Gasteiger partial charge in [-0.1, -0.05) is 18.2 Å². The summed E-state index contributed by atoms with van der Waals surface area (Å²) >= 11 is 0. The molecule has 2 rings (SSSR count). The number of benzene rings is 1. The van der Waals surface area contributed by atoms with Crippen LogP contribution in [0.5, 0.6) is 0 Å². The zero-order valence-corrected chi connectivity index (χ0v) is 10.8. The number of hydroxylamine groups is 3. The van der Waals surface area contributed by atoms with Crippen LogP contribution in [0.2, 0.25) is 0 Å². The van der Waals surface area contributed by atoms with Crippen molar-refractivity contribution in [3.8, 4) is 0 Å². The highest BCUT2D eigenvalue weighted by molar-refractivity contribution is 5.89. The monoisotopic (exact) mass is 280 g/mol. The second-order valence-corrected chi connectivity index (χ2v) is 4.71. The van der Waals surface area contributed by atoms with Crippen molar-refractivity contribution in [2.75, 3.05) is 13.1 Å². The normalized spacial score (nSPS) is 17.2. The van der Waals surface area contributed by atoms with Crippen LogP contribution in [0, 0.1) is 5.21 Å². The van der Waals surface area contributed by atoms with Crippen molar-refractivity contribution in [3.05, 3.63) is 41.1 Å². The highest BCUT2D eigenvalue weighted by atomic mass is 16.7. The van der Waals surface area contributed by atoms with Crippen LogP contribution in [0.15, 0.2) is 30.3 Å². The van der Waals surface area contributed by atoms with Crippen LogP contribution >= 0.6 is 0 Å². The largest absolute Gasteiger partial charge is 0.633 e. The van der Waals surface area contributed by atoms with E-state index in [9.17, 15) is 14.8 Å². The Balaban J connectivity index is 1.70. The molecule has 1 aliphatic carbocycles. The minimum Gasteiger partial charge on any atom is -0.633 e. The number of nitrogens with one attached hydrogen (secondary N) is 2. The van der Waals surface area contributed by atoms with Crippen molar-refractivity contribution >= 4 is 11.9 Å². The topological polar surface area (TPSA) is 103 Å². The summed E-state index contributed by atoms with van der Waals surface area (Å²) in [5, 5.41) is 20.3. The molecular formula is C13H16N2O5. The van der Waals surface area contributed by atoms with Crippen LogP contribution in [0.1, 0.15) is 23.2 Å². The summed E-state index contributed by atoms with van der Waals surface area (Å²) in [7, 11) is 0. The van der Waals surface area contributed by atoms with E-state index < -0.39 is 17.5 Å². The maximum Gasteiger partial charge on any atom is 0.365 e. The van der Waals surface area contributed by atoms with E-state index >= 15 is 0 Å². The van der Waals surface area contributed by atoms with Gasteiger partial charge in [0, 0.05) is 12.8 Å². The highest BCUT2D eigenvalue weighted by Crippen LogP contribution is 2.31. The predicted octanol–water partition coefficient (Wildman–Crippen LogP) is -0.652. The predicted molar refractivity (Wildman–Crippen MR) is 68.7 cm³/mol. The quantitative estimate of drug-likeness (QED) is 0.453. The second kappa shape index (κ2) is 6.00. The first-order valence-corrected chi connectivity index (χ1v) is 6.32. The Kier molecular flexibility index (Phi) is 4.33. The first-order chi connectivity index (χ1) is 9.56. The van der Waals surface area contributed by atoms with Crippen LogP contribution in [-0.2, 0) is 9.63 Å². The number of rotatable bonds is 7. The standard InChI is InChI=1S/C13H16N2O5/c16-11(10-4-2-1-3-5-10)20-14-8-9-15(19)13(6-7-13)12(17)18/h1-5,14-15H,6-9H2,(H,17,18). The van der Waals surface area contributed by atoms with Crippen molar-refractivity contribution in [2.24, 2.45) is 0 Å². The van der Waals surface area contributed by atoms with Crippen LogP contribution in [-0.4, -0.2) is 35.7 Å². The van der Waals surface area contributed by atoms with Gasteiger partial charge in [-0.05, 0) is 12.1 Å². The van der Waals surface area contributed by atoms with Gasteiger partial charge in [0.1, 0.15) is 0 Å². The SMILES string of the molecule is O=C(ONCC[NH+]([O-])C1(C(=O)O)CC1)c1ccccc1. The van der Waals surface area contributed by atoms with Crippen molar-refractivity contribution in [1.29, 1.82) is 0 Å². The molecule has 1 fully saturated rings. The Hall–Kier alpha value is -1.96. The van der Waals surface area contributed by atoms with E-state index in [1.54, 1.807) is 30.3 Å². The molecule has 7 nitrogen and oxygen atoms in total. The molecule has 3 N–H and O–H groups in total. The lowest BCUT2D eigenvalue weighted by Crippen LogP contribution is -3.15. The molecule has 1 saturated carbocycles. The Morgan fingerprint density at radius 2 is 2.00 bits per heavy atom. The van der Waals surface area contributed by atoms with Crippen LogP contribution in [0.3, 0.4) is 0 Å². The lowest BCUT2D eigenvalue weighted by molar-refractivity contribution is -0.876. The third kappa shape index (κ3) is 3.13. The molecule has 1 unspecified atom stereocenters. The van der Waals surface area contributed by atoms with Crippen LogP contribution < -0.4 is 10.5 Å². The van der Waals surface area contributed by atoms with Gasteiger partial charge in [-0.25, -0.2) is 9.59 Å². The molecule has 1 aromatic carbocycles. The van der Waals surface area contributed by atoms with Gasteiger partial charge >= 0.3 is 11.9 Å². The van der Waals surface area contributed by atoms with Gasteiger partial charge in [-0.2, -0.15) is 0 Å². The van der Waals surface area contributed by atoms with E-state index in [1.165, 1.54) is 0 Å². The van der Waals surface area contributed by atoms with E-state index in [0.29, 0.717) is 18.4 Å². The van der Waals surface area contributed by atoms with Gasteiger partial charge in [0.2, 0.25) is 0 Å². The fraction of sp³-hybridized carbons (Fsp3) is 0.385. The molecular weight excluding hydrogens is 264 g/mol. The number of hydrogen-bond donors (Lipinski definition) is 3. The Morgan fingerprint density at radius 3 is 2.55 bits per heavy atom. The number of hydrogen-bond acceptors (Lipinski definition) is 5. The van der Waals surface area contributed by atoms with Gasteiger partial charge in [0.15, 0.2) is 5.54 Å². The molecule has 0 spiro atoms. The smallest absolute Gasteiger partial charge is 0.365 e. The van der Waals surface area contributed by atoms with Gasteiger partial charge in [-0.15, -0.1) is 5.48 Å². The van der Waals surface area contributed by atoms with Gasteiger partial charge < -0.3 is 20.2 Å². The fourth-order valence-corrected chi connectivity index (χ4v) is 1.89. The molecule has 0 saturated heterocycles. The summed E-state index contributed by atoms with van der Waals surface area (Å²) in [6, 6.07) is 8.43. The number of aliphatic carboxylic acids is 1. The van der Waals surface area contributed by atoms with Crippen LogP contribution in [0.4, 0.5) is 0 Å². The van der Waals surface area contributed by atoms with E-state index in [2.05, 4.69) is 5.48 Å². The maximum atomic E-state index is 11.7. The van der Waals surface area contributed by atoms with E-state index in [-0.39, 0.29) is 18.2 Å². The average molecular weight is 280 g/mol. The lowest BCUT2D eigenvalue weighted by Gasteiger charge is -2.28. The van der Waals surface area contributed by atoms with Gasteiger partial charge in [0.25, 0.3) is 0 Å². The lowest BCUT2D eigenvalue weighted by atomic mass is 10.2. The molecule has 0 radical (unpaired) electrons. The van der Waals surface area contributed by atoms with Crippen molar-refractivity contribution in [1.82, 2.24) is 5.48 Å². The first kappa shape index (κ1) is 14.4. The minimum absolute atomic E-state index is 0.0222. The zero-order chi connectivity index (χ0) is 14.6. The molecule has 20 heavy (non-hydrogen) atoms. The van der Waals surface area contributed by atoms with Gasteiger partial charge in [0.05, 0.1) is 18.7 Å². The number of carboxylic acid groups (broad SMARTS) is 1. The molecule has 0 aromatic heterocycles. The third-order valence-corrected chi connectivity index (χ3v) is 3.32. The first-order valence-electron chi connectivity index (χ1n) is 6.32. The Morgan fingerprint density at radius 1 is 1.35 bits per heavy atom. The number of carboxylic acids is 1. The molecule has 0 heterocycles. The molecule has 1 aromatic rings. The molecule has 7 heteroatoms. The molecule has 108 valence electrons. The fourth-order valence-electron chi connectivity index (χ4n) is 1.89. The molecule has 0 amide bonds. The van der Waals surface area contributed by atoms with E-state index in [1.807, 2.05) is 0 Å². The second-order valence-electron chi connectivity index (χ2n) is 4.71. The van der Waals surface area contributed by atoms with Crippen molar-refractivity contribution in [3.63, 3.8) is 0 Å². The Bertz CT molecular complexity index is 487. The summed E-state index contributed by atoms with van der Waals surface area (Å²) in [5.41, 5.74) is 1.60. The maximum absolute atomic E-state index is 11.7. The summed E-state index contributed by atoms with van der Waals surface area (Å²) in [4.78, 5) is 27.3. The van der Waals surface area contributed by atoms with E-state index in [4.69, 9.17) is 9.94 Å². The zero-order valence-electron chi connectivity index (χ0n) is 10.8. The van der Waals surface area contributed by atoms with Crippen LogP contribution in [0.25, 0.3) is 0 Å². The van der Waals surface area contributed by atoms with Crippen molar-refractivity contribution < 1.29 is 24.6 Å². The number of carbonyl (C=O) groups excluding carboxylic acids is 1. The highest BCUT2D eigenvalue weighted by Gasteiger charge is 2.57.